The standard InChI is InChI=1S/C16H11NO7/c1-2-21-15(19)10-3-9-7-4-11-12(23-6-22-11)5-8(7)13(18)17-14(9)24-16(10)20/h3-5H,2,6H2,1H3,(H,17,18). The van der Waals surface area contributed by atoms with Crippen LogP contribution in [-0.4, -0.2) is 24.4 Å². The number of aromatic nitrogens is 1. The number of nitrogens with one attached hydrogen (secondary N) is 1. The molecule has 0 amide bonds. The maximum Gasteiger partial charge on any atom is 0.352 e. The third kappa shape index (κ3) is 2.03. The molecule has 122 valence electrons. The summed E-state index contributed by atoms with van der Waals surface area (Å²) in [6.45, 7) is 1.82. The molecule has 2 aromatic heterocycles. The summed E-state index contributed by atoms with van der Waals surface area (Å²) in [5.74, 6) is 0.141. The summed E-state index contributed by atoms with van der Waals surface area (Å²) in [7, 11) is 0. The maximum absolute atomic E-state index is 12.2. The van der Waals surface area contributed by atoms with Crippen molar-refractivity contribution < 1.29 is 23.4 Å². The second-order valence-corrected chi connectivity index (χ2v) is 5.12. The fraction of sp³-hybridized carbons (Fsp3) is 0.188. The zero-order valence-corrected chi connectivity index (χ0v) is 12.5. The third-order valence-corrected chi connectivity index (χ3v) is 3.72. The van der Waals surface area contributed by atoms with Crippen LogP contribution in [0.5, 0.6) is 11.5 Å². The molecule has 8 heteroatoms. The number of H-pyrrole nitrogens is 1. The minimum Gasteiger partial charge on any atom is -0.462 e. The van der Waals surface area contributed by atoms with Gasteiger partial charge in [0.2, 0.25) is 12.5 Å². The Bertz CT molecular complexity index is 1110. The number of pyridine rings is 1. The summed E-state index contributed by atoms with van der Waals surface area (Å²) in [5, 5.41) is 1.20. The second kappa shape index (κ2) is 5.12. The highest BCUT2D eigenvalue weighted by Gasteiger charge is 2.20. The van der Waals surface area contributed by atoms with Gasteiger partial charge in [-0.2, -0.15) is 0 Å². The minimum atomic E-state index is -0.878. The largest absolute Gasteiger partial charge is 0.462 e. The lowest BCUT2D eigenvalue weighted by Gasteiger charge is -2.06. The van der Waals surface area contributed by atoms with Crippen molar-refractivity contribution in [3.8, 4) is 11.5 Å². The molecule has 3 heterocycles. The van der Waals surface area contributed by atoms with Crippen LogP contribution in [0.3, 0.4) is 0 Å². The van der Waals surface area contributed by atoms with Gasteiger partial charge in [-0.05, 0) is 25.1 Å². The van der Waals surface area contributed by atoms with Crippen molar-refractivity contribution >= 4 is 27.8 Å². The molecular weight excluding hydrogens is 318 g/mol. The molecule has 1 aliphatic heterocycles. The van der Waals surface area contributed by atoms with Gasteiger partial charge in [0.25, 0.3) is 5.56 Å². The minimum absolute atomic E-state index is 0.0237. The van der Waals surface area contributed by atoms with Crippen LogP contribution in [0, 0.1) is 0 Å². The van der Waals surface area contributed by atoms with Gasteiger partial charge in [-0.25, -0.2) is 9.59 Å². The van der Waals surface area contributed by atoms with Crippen molar-refractivity contribution in [3.05, 3.63) is 44.5 Å². The fourth-order valence-corrected chi connectivity index (χ4v) is 2.64. The van der Waals surface area contributed by atoms with E-state index in [2.05, 4.69) is 4.98 Å². The number of benzene rings is 1. The van der Waals surface area contributed by atoms with Gasteiger partial charge in [-0.3, -0.25) is 9.78 Å². The van der Waals surface area contributed by atoms with Gasteiger partial charge in [0.15, 0.2) is 11.5 Å². The molecule has 0 saturated carbocycles. The number of rotatable bonds is 2. The van der Waals surface area contributed by atoms with Crippen molar-refractivity contribution in [2.24, 2.45) is 0 Å². The highest BCUT2D eigenvalue weighted by Crippen LogP contribution is 2.36. The Morgan fingerprint density at radius 3 is 2.54 bits per heavy atom. The van der Waals surface area contributed by atoms with E-state index in [-0.39, 0.29) is 24.7 Å². The number of ether oxygens (including phenoxy) is 3. The normalized spacial score (nSPS) is 12.7. The summed E-state index contributed by atoms with van der Waals surface area (Å²) < 4.78 is 20.5. The molecular formula is C16H11NO7. The second-order valence-electron chi connectivity index (χ2n) is 5.12. The molecule has 0 atom stereocenters. The number of fused-ring (bicyclic) bond motifs is 4. The molecule has 0 spiro atoms. The molecule has 1 aliphatic rings. The van der Waals surface area contributed by atoms with E-state index in [4.69, 9.17) is 18.6 Å². The topological polar surface area (TPSA) is 108 Å². The first kappa shape index (κ1) is 14.3. The number of hydrogen-bond acceptors (Lipinski definition) is 7. The number of carbonyl (C=O) groups is 1. The zero-order valence-electron chi connectivity index (χ0n) is 12.5. The highest BCUT2D eigenvalue weighted by atomic mass is 16.7. The van der Waals surface area contributed by atoms with Crippen LogP contribution in [0.25, 0.3) is 21.9 Å². The predicted octanol–water partition coefficient (Wildman–Crippen LogP) is 1.54. The number of carbonyl (C=O) groups excluding carboxylic acids is 1. The Kier molecular flexibility index (Phi) is 3.05. The molecule has 0 unspecified atom stereocenters. The van der Waals surface area contributed by atoms with E-state index < -0.39 is 17.2 Å². The molecule has 0 bridgehead atoms. The summed E-state index contributed by atoms with van der Waals surface area (Å²) in [6.07, 6.45) is 0. The molecule has 0 saturated heterocycles. The van der Waals surface area contributed by atoms with Gasteiger partial charge in [-0.1, -0.05) is 0 Å². The number of aromatic amines is 1. The summed E-state index contributed by atoms with van der Waals surface area (Å²) in [6, 6.07) is 4.51. The van der Waals surface area contributed by atoms with Crippen LogP contribution >= 0.6 is 0 Å². The van der Waals surface area contributed by atoms with Gasteiger partial charge in [0, 0.05) is 10.8 Å². The number of hydrogen-bond donors (Lipinski definition) is 1. The quantitative estimate of drug-likeness (QED) is 0.561. The van der Waals surface area contributed by atoms with Gasteiger partial charge < -0.3 is 18.6 Å². The maximum atomic E-state index is 12.2. The van der Waals surface area contributed by atoms with Crippen LogP contribution in [0.2, 0.25) is 0 Å². The molecule has 4 rings (SSSR count). The van der Waals surface area contributed by atoms with Crippen molar-refractivity contribution in [2.45, 2.75) is 6.92 Å². The first-order valence-electron chi connectivity index (χ1n) is 7.19. The van der Waals surface area contributed by atoms with Gasteiger partial charge in [0.1, 0.15) is 5.56 Å². The SMILES string of the molecule is CCOC(=O)c1cc2c([nH]c(=O)c3cc4c(cc32)OCO4)oc1=O. The van der Waals surface area contributed by atoms with Crippen LogP contribution in [-0.2, 0) is 4.74 Å². The first-order valence-corrected chi connectivity index (χ1v) is 7.19. The van der Waals surface area contributed by atoms with E-state index in [1.807, 2.05) is 0 Å². The zero-order chi connectivity index (χ0) is 16.8. The molecule has 1 aromatic carbocycles. The smallest absolute Gasteiger partial charge is 0.352 e. The highest BCUT2D eigenvalue weighted by molar-refractivity contribution is 6.06. The third-order valence-electron chi connectivity index (χ3n) is 3.72. The Balaban J connectivity index is 2.09. The van der Waals surface area contributed by atoms with E-state index in [0.29, 0.717) is 27.7 Å². The predicted molar refractivity (Wildman–Crippen MR) is 82.7 cm³/mol. The number of esters is 1. The van der Waals surface area contributed by atoms with Gasteiger partial charge >= 0.3 is 11.6 Å². The van der Waals surface area contributed by atoms with Crippen LogP contribution in [0.15, 0.2) is 32.2 Å². The summed E-state index contributed by atoms with van der Waals surface area (Å²) in [4.78, 5) is 38.6. The molecule has 24 heavy (non-hydrogen) atoms. The van der Waals surface area contributed by atoms with E-state index in [1.165, 1.54) is 6.07 Å². The average Bonchev–Trinajstić information content (AvgIpc) is 3.00. The molecule has 8 nitrogen and oxygen atoms in total. The molecule has 3 aromatic rings. The van der Waals surface area contributed by atoms with Crippen LogP contribution < -0.4 is 20.7 Å². The van der Waals surface area contributed by atoms with E-state index in [1.54, 1.807) is 19.1 Å². The lowest BCUT2D eigenvalue weighted by atomic mass is 10.1. The molecule has 0 fully saturated rings. The average molecular weight is 329 g/mol. The van der Waals surface area contributed by atoms with Crippen LogP contribution in [0.4, 0.5) is 0 Å². The van der Waals surface area contributed by atoms with E-state index in [9.17, 15) is 14.4 Å². The Morgan fingerprint density at radius 1 is 1.12 bits per heavy atom. The monoisotopic (exact) mass is 329 g/mol. The fourth-order valence-electron chi connectivity index (χ4n) is 2.64. The molecule has 1 N–H and O–H groups in total. The van der Waals surface area contributed by atoms with E-state index in [0.717, 1.165) is 0 Å². The van der Waals surface area contributed by atoms with Crippen LogP contribution in [0.1, 0.15) is 17.3 Å². The van der Waals surface area contributed by atoms with Crippen molar-refractivity contribution in [2.75, 3.05) is 13.4 Å². The Labute approximate surface area is 133 Å². The van der Waals surface area contributed by atoms with Crippen molar-refractivity contribution in [1.29, 1.82) is 0 Å². The summed E-state index contributed by atoms with van der Waals surface area (Å²) >= 11 is 0. The first-order chi connectivity index (χ1) is 11.6. The summed E-state index contributed by atoms with van der Waals surface area (Å²) in [5.41, 5.74) is -1.58. The molecule has 0 aliphatic carbocycles. The van der Waals surface area contributed by atoms with Gasteiger partial charge in [-0.15, -0.1) is 0 Å². The lowest BCUT2D eigenvalue weighted by molar-refractivity contribution is 0.0521. The molecule has 0 radical (unpaired) electrons. The van der Waals surface area contributed by atoms with Gasteiger partial charge in [0.05, 0.1) is 12.0 Å². The Hall–Kier alpha value is -3.29. The Morgan fingerprint density at radius 2 is 1.83 bits per heavy atom. The van der Waals surface area contributed by atoms with Crippen molar-refractivity contribution in [3.63, 3.8) is 0 Å². The van der Waals surface area contributed by atoms with Crippen molar-refractivity contribution in [1.82, 2.24) is 4.98 Å². The van der Waals surface area contributed by atoms with E-state index >= 15 is 0 Å². The lowest BCUT2D eigenvalue weighted by Crippen LogP contribution is -2.17.